The molecule has 0 radical (unpaired) electrons. The lowest BCUT2D eigenvalue weighted by Gasteiger charge is -2.12. The lowest BCUT2D eigenvalue weighted by Crippen LogP contribution is -2.31. The fourth-order valence-corrected chi connectivity index (χ4v) is 4.36. The van der Waals surface area contributed by atoms with Gasteiger partial charge in [0.2, 0.25) is 0 Å². The molecule has 88 valence electrons. The molecule has 1 unspecified atom stereocenters. The average Bonchev–Trinajstić information content (AvgIpc) is 2.62. The van der Waals surface area contributed by atoms with Crippen LogP contribution in [0.3, 0.4) is 0 Å². The summed E-state index contributed by atoms with van der Waals surface area (Å²) in [6.45, 7) is 0. The first kappa shape index (κ1) is 11.4. The van der Waals surface area contributed by atoms with Crippen molar-refractivity contribution in [3.05, 3.63) is 33.1 Å². The average molecular weight is 244 g/mol. The molecule has 0 aliphatic carbocycles. The second kappa shape index (κ2) is 4.03. The molecule has 1 aromatic rings. The third kappa shape index (κ3) is 2.03. The van der Waals surface area contributed by atoms with Gasteiger partial charge in [0.05, 0.1) is 6.35 Å². The first-order valence-corrected chi connectivity index (χ1v) is 7.30. The molecule has 1 fully saturated rings. The highest BCUT2D eigenvalue weighted by molar-refractivity contribution is 7.64. The summed E-state index contributed by atoms with van der Waals surface area (Å²) in [6.07, 6.45) is 2.50. The third-order valence-corrected chi connectivity index (χ3v) is 5.59. The van der Waals surface area contributed by atoms with Crippen molar-refractivity contribution >= 4 is 7.14 Å². The van der Waals surface area contributed by atoms with Gasteiger partial charge in [-0.05, 0) is 6.42 Å². The van der Waals surface area contributed by atoms with Crippen LogP contribution in [0.15, 0.2) is 21.9 Å². The number of aromatic amines is 1. The zero-order chi connectivity index (χ0) is 11.8. The molecule has 7 heteroatoms. The fourth-order valence-electron chi connectivity index (χ4n) is 2.02. The summed E-state index contributed by atoms with van der Waals surface area (Å²) < 4.78 is 13.3. The Hall–Kier alpha value is -1.13. The Balaban J connectivity index is 2.31. The van der Waals surface area contributed by atoms with E-state index in [9.17, 15) is 14.2 Å². The van der Waals surface area contributed by atoms with E-state index in [1.165, 1.54) is 16.8 Å². The number of H-pyrrole nitrogens is 1. The second-order valence-electron chi connectivity index (χ2n) is 4.07. The molecular weight excluding hydrogens is 231 g/mol. The van der Waals surface area contributed by atoms with Crippen LogP contribution in [-0.2, 0) is 4.57 Å². The first-order chi connectivity index (χ1) is 7.54. The Kier molecular flexibility index (Phi) is 2.86. The number of hydrogen-bond donors (Lipinski definition) is 2. The smallest absolute Gasteiger partial charge is 0.328 e. The van der Waals surface area contributed by atoms with Gasteiger partial charge in [-0.25, -0.2) is 4.79 Å². The van der Waals surface area contributed by atoms with Crippen LogP contribution in [0.1, 0.15) is 12.5 Å². The molecule has 1 saturated heterocycles. The summed E-state index contributed by atoms with van der Waals surface area (Å²) in [4.78, 5) is 24.5. The molecule has 0 amide bonds. The monoisotopic (exact) mass is 244 g/mol. The Bertz CT molecular complexity index is 547. The van der Waals surface area contributed by atoms with Crippen molar-refractivity contribution in [3.63, 3.8) is 0 Å². The van der Waals surface area contributed by atoms with Crippen LogP contribution in [0.2, 0.25) is 0 Å². The quantitative estimate of drug-likeness (QED) is 0.704. The predicted octanol–water partition coefficient (Wildman–Crippen LogP) is -0.206. The molecule has 1 aliphatic rings. The van der Waals surface area contributed by atoms with Gasteiger partial charge in [0, 0.05) is 30.6 Å². The largest absolute Gasteiger partial charge is 0.389 e. The molecular formula is C9H13N2O4P. The van der Waals surface area contributed by atoms with Gasteiger partial charge >= 0.3 is 5.69 Å². The van der Waals surface area contributed by atoms with Gasteiger partial charge in [0.15, 0.2) is 0 Å². The van der Waals surface area contributed by atoms with Gasteiger partial charge in [-0.2, -0.15) is 0 Å². The summed E-state index contributed by atoms with van der Waals surface area (Å²) in [7, 11) is -2.50. The van der Waals surface area contributed by atoms with Crippen molar-refractivity contribution in [3.8, 4) is 0 Å². The summed E-state index contributed by atoms with van der Waals surface area (Å²) in [5, 5.41) is 9.00. The topological polar surface area (TPSA) is 92.2 Å². The van der Waals surface area contributed by atoms with Gasteiger partial charge in [-0.3, -0.25) is 14.3 Å². The zero-order valence-corrected chi connectivity index (χ0v) is 9.52. The number of nitrogens with one attached hydrogen (secondary N) is 1. The molecule has 16 heavy (non-hydrogen) atoms. The van der Waals surface area contributed by atoms with Crippen LogP contribution in [0.4, 0.5) is 0 Å². The van der Waals surface area contributed by atoms with Gasteiger partial charge < -0.3 is 9.67 Å². The number of hydrogen-bond acceptors (Lipinski definition) is 4. The van der Waals surface area contributed by atoms with Gasteiger partial charge in [0.1, 0.15) is 7.14 Å². The normalized spacial score (nSPS) is 29.4. The van der Waals surface area contributed by atoms with E-state index >= 15 is 0 Å². The van der Waals surface area contributed by atoms with Crippen LogP contribution in [0, 0.1) is 0 Å². The maximum Gasteiger partial charge on any atom is 0.328 e. The van der Waals surface area contributed by atoms with Crippen molar-refractivity contribution in [2.24, 2.45) is 0 Å². The maximum absolute atomic E-state index is 11.9. The van der Waals surface area contributed by atoms with Crippen molar-refractivity contribution in [1.82, 2.24) is 9.55 Å². The Morgan fingerprint density at radius 1 is 1.56 bits per heavy atom. The summed E-state index contributed by atoms with van der Waals surface area (Å²) in [6, 6.07) is 1.09. The zero-order valence-electron chi connectivity index (χ0n) is 8.63. The number of aliphatic hydroxyl groups excluding tert-OH is 1. The van der Waals surface area contributed by atoms with Crippen LogP contribution in [-0.4, -0.2) is 33.3 Å². The van der Waals surface area contributed by atoms with Crippen LogP contribution in [0.25, 0.3) is 0 Å². The molecule has 1 aliphatic heterocycles. The highest BCUT2D eigenvalue weighted by Crippen LogP contribution is 2.54. The SMILES string of the molecule is O=c1ccn([C@H]2CCP(=O)(CO)C2)c(=O)[nH]1. The summed E-state index contributed by atoms with van der Waals surface area (Å²) in [5.74, 6) is 0. The van der Waals surface area contributed by atoms with Crippen LogP contribution >= 0.6 is 7.14 Å². The number of aromatic nitrogens is 2. The molecule has 2 heterocycles. The minimum atomic E-state index is -2.50. The van der Waals surface area contributed by atoms with Crippen LogP contribution < -0.4 is 11.2 Å². The highest BCUT2D eigenvalue weighted by Gasteiger charge is 2.34. The summed E-state index contributed by atoms with van der Waals surface area (Å²) in [5.41, 5.74) is -0.923. The predicted molar refractivity (Wildman–Crippen MR) is 59.4 cm³/mol. The maximum atomic E-state index is 11.9. The van der Waals surface area contributed by atoms with Crippen molar-refractivity contribution in [1.29, 1.82) is 0 Å². The lowest BCUT2D eigenvalue weighted by molar-refractivity contribution is 0.358. The second-order valence-corrected chi connectivity index (χ2v) is 7.28. The van der Waals surface area contributed by atoms with E-state index in [0.29, 0.717) is 18.7 Å². The van der Waals surface area contributed by atoms with E-state index in [2.05, 4.69) is 4.98 Å². The Labute approximate surface area is 91.3 Å². The molecule has 0 aromatic carbocycles. The molecule has 1 aromatic heterocycles. The van der Waals surface area contributed by atoms with E-state index in [1.54, 1.807) is 0 Å². The minimum Gasteiger partial charge on any atom is -0.389 e. The Morgan fingerprint density at radius 2 is 2.31 bits per heavy atom. The van der Waals surface area contributed by atoms with E-state index in [4.69, 9.17) is 5.11 Å². The van der Waals surface area contributed by atoms with Crippen molar-refractivity contribution in [2.45, 2.75) is 12.5 Å². The van der Waals surface area contributed by atoms with Gasteiger partial charge in [0.25, 0.3) is 5.56 Å². The molecule has 6 nitrogen and oxygen atoms in total. The first-order valence-electron chi connectivity index (χ1n) is 5.03. The fraction of sp³-hybridized carbons (Fsp3) is 0.556. The highest BCUT2D eigenvalue weighted by atomic mass is 31.2. The molecule has 2 N–H and O–H groups in total. The lowest BCUT2D eigenvalue weighted by atomic mass is 10.2. The molecule has 0 saturated carbocycles. The summed E-state index contributed by atoms with van der Waals surface area (Å²) >= 11 is 0. The number of rotatable bonds is 2. The van der Waals surface area contributed by atoms with Gasteiger partial charge in [-0.1, -0.05) is 0 Å². The Morgan fingerprint density at radius 3 is 2.88 bits per heavy atom. The molecule has 0 spiro atoms. The standard InChI is InChI=1S/C9H13N2O4P/c12-6-16(15)4-2-7(5-16)11-3-1-8(13)10-9(11)14/h1,3,7,12H,2,4-6H2,(H,10,13,14)/t7-,16?/m0/s1. The van der Waals surface area contributed by atoms with Crippen molar-refractivity contribution in [2.75, 3.05) is 18.7 Å². The van der Waals surface area contributed by atoms with E-state index in [1.807, 2.05) is 0 Å². The van der Waals surface area contributed by atoms with Crippen LogP contribution in [0.5, 0.6) is 0 Å². The van der Waals surface area contributed by atoms with Crippen molar-refractivity contribution < 1.29 is 9.67 Å². The van der Waals surface area contributed by atoms with E-state index < -0.39 is 18.4 Å². The van der Waals surface area contributed by atoms with E-state index in [-0.39, 0.29) is 12.4 Å². The van der Waals surface area contributed by atoms with E-state index in [0.717, 1.165) is 0 Å². The molecule has 0 bridgehead atoms. The number of aliphatic hydroxyl groups is 1. The molecule has 2 atom stereocenters. The van der Waals surface area contributed by atoms with Gasteiger partial charge in [-0.15, -0.1) is 0 Å². The molecule has 2 rings (SSSR count). The third-order valence-electron chi connectivity index (χ3n) is 2.92. The minimum absolute atomic E-state index is 0.178. The number of nitrogens with zero attached hydrogens (tertiary/aromatic N) is 1.